The molecule has 0 amide bonds. The highest BCUT2D eigenvalue weighted by atomic mass is 27.1. The van der Waals surface area contributed by atoms with E-state index in [2.05, 4.69) is 17.7 Å². The normalized spacial score (nSPS) is 9.20. The molecule has 0 aliphatic carbocycles. The van der Waals surface area contributed by atoms with E-state index in [1.807, 2.05) is 18.2 Å². The first-order valence-electron chi connectivity index (χ1n) is 5.10. The lowest BCUT2D eigenvalue weighted by Crippen LogP contribution is -1.76. The second-order valence-corrected chi connectivity index (χ2v) is 4.80. The number of aromatic hydroxyl groups is 1. The quantitative estimate of drug-likeness (QED) is 0.743. The fourth-order valence-corrected chi connectivity index (χ4v) is 1.09. The molecule has 0 unspecified atom stereocenters. The number of fused-ring (bicyclic) bond motifs is 1. The maximum atomic E-state index is 9.31. The van der Waals surface area contributed by atoms with E-state index in [4.69, 9.17) is 0 Å². The molecule has 0 saturated carbocycles. The van der Waals surface area contributed by atoms with Crippen molar-refractivity contribution in [2.45, 2.75) is 18.0 Å². The molecule has 1 aromatic heterocycles. The summed E-state index contributed by atoms with van der Waals surface area (Å²) in [5.41, 5.74) is 0.662. The Kier molecular flexibility index (Phi) is 5.17. The van der Waals surface area contributed by atoms with Gasteiger partial charge in [0.25, 0.3) is 0 Å². The molecule has 3 heteroatoms. The predicted molar refractivity (Wildman–Crippen MR) is 65.5 cm³/mol. The van der Waals surface area contributed by atoms with Crippen molar-refractivity contribution < 1.29 is 5.11 Å². The van der Waals surface area contributed by atoms with Crippen molar-refractivity contribution >= 4 is 26.1 Å². The molecule has 0 atom stereocenters. The summed E-state index contributed by atoms with van der Waals surface area (Å²) in [6, 6.07) is 9.13. The zero-order valence-electron chi connectivity index (χ0n) is 9.14. The Labute approximate surface area is 96.7 Å². The first-order chi connectivity index (χ1) is 7.29. The van der Waals surface area contributed by atoms with Crippen LogP contribution in [0.25, 0.3) is 10.9 Å². The number of rotatable bonds is 1. The van der Waals surface area contributed by atoms with Crippen LogP contribution in [0.3, 0.4) is 0 Å². The molecule has 0 bridgehead atoms. The Hall–Kier alpha value is -1.04. The van der Waals surface area contributed by atoms with E-state index < -0.39 is 0 Å². The third-order valence-electron chi connectivity index (χ3n) is 2.02. The first kappa shape index (κ1) is 12.0. The number of hydrogen-bond acceptors (Lipinski definition) is 2. The third kappa shape index (κ3) is 3.55. The van der Waals surface area contributed by atoms with Crippen LogP contribution in [0.1, 0.15) is 6.92 Å². The molecule has 1 aromatic carbocycles. The van der Waals surface area contributed by atoms with Crippen molar-refractivity contribution in [2.75, 3.05) is 0 Å². The monoisotopic (exact) mass is 216 g/mol. The number of benzene rings is 1. The van der Waals surface area contributed by atoms with Gasteiger partial charge < -0.3 is 5.11 Å². The van der Waals surface area contributed by atoms with Crippen LogP contribution >= 0.6 is 0 Å². The van der Waals surface area contributed by atoms with Gasteiger partial charge in [-0.05, 0) is 12.1 Å². The SMILES string of the molecule is C[CH2][Al][CH3].Oc1cccc2cccnc12. The van der Waals surface area contributed by atoms with Crippen molar-refractivity contribution in [3.8, 4) is 5.75 Å². The van der Waals surface area contributed by atoms with E-state index in [9.17, 15) is 5.11 Å². The summed E-state index contributed by atoms with van der Waals surface area (Å²) in [6.07, 6.45) is 1.67. The standard InChI is InChI=1S/C9H7NO.C2H5.CH3.Al/c11-8-5-1-3-7-4-2-6-10-9(7)8;1-2;;/h1-6,11H;1H2,2H3;1H3;. The van der Waals surface area contributed by atoms with Crippen molar-refractivity contribution in [1.82, 2.24) is 4.98 Å². The van der Waals surface area contributed by atoms with Gasteiger partial charge in [0.05, 0.1) is 0 Å². The van der Waals surface area contributed by atoms with Crippen LogP contribution in [0, 0.1) is 0 Å². The second-order valence-electron chi connectivity index (χ2n) is 3.17. The highest BCUT2D eigenvalue weighted by Gasteiger charge is 1.96. The van der Waals surface area contributed by atoms with E-state index >= 15 is 0 Å². The molecule has 0 saturated heterocycles. The molecule has 1 heterocycles. The van der Waals surface area contributed by atoms with Gasteiger partial charge >= 0.3 is 0 Å². The van der Waals surface area contributed by atoms with Crippen LogP contribution < -0.4 is 0 Å². The minimum absolute atomic E-state index is 0.239. The van der Waals surface area contributed by atoms with Gasteiger partial charge in [0.2, 0.25) is 0 Å². The molecule has 2 rings (SSSR count). The summed E-state index contributed by atoms with van der Waals surface area (Å²) in [5.74, 6) is 2.50. The molecule has 2 nitrogen and oxygen atoms in total. The Morgan fingerprint density at radius 3 is 2.53 bits per heavy atom. The van der Waals surface area contributed by atoms with Gasteiger partial charge in [-0.3, -0.25) is 4.98 Å². The van der Waals surface area contributed by atoms with E-state index in [0.717, 1.165) is 20.6 Å². The largest absolute Gasteiger partial charge is 0.506 e. The molecule has 15 heavy (non-hydrogen) atoms. The van der Waals surface area contributed by atoms with Gasteiger partial charge in [0, 0.05) is 11.6 Å². The zero-order valence-corrected chi connectivity index (χ0v) is 10.3. The van der Waals surface area contributed by atoms with Crippen molar-refractivity contribution in [1.29, 1.82) is 0 Å². The van der Waals surface area contributed by atoms with E-state index in [1.165, 1.54) is 5.28 Å². The van der Waals surface area contributed by atoms with Gasteiger partial charge in [-0.25, -0.2) is 0 Å². The summed E-state index contributed by atoms with van der Waals surface area (Å²) >= 11 is 0.782. The number of hydrogen-bond donors (Lipinski definition) is 1. The van der Waals surface area contributed by atoms with E-state index in [1.54, 1.807) is 18.3 Å². The average Bonchev–Trinajstić information content (AvgIpc) is 2.30. The number of phenols is 1. The zero-order chi connectivity index (χ0) is 11.1. The molecule has 0 fully saturated rings. The Bertz CT molecular complexity index is 410. The number of nitrogens with zero attached hydrogens (tertiary/aromatic N) is 1. The first-order valence-corrected chi connectivity index (χ1v) is 7.07. The van der Waals surface area contributed by atoms with Crippen LogP contribution in [0.15, 0.2) is 36.5 Å². The van der Waals surface area contributed by atoms with Crippen LogP contribution in [0.2, 0.25) is 11.1 Å². The number of phenolic OH excluding ortho intramolecular Hbond substituents is 1. The van der Waals surface area contributed by atoms with Crippen molar-refractivity contribution in [3.63, 3.8) is 0 Å². The minimum Gasteiger partial charge on any atom is -0.506 e. The summed E-state index contributed by atoms with van der Waals surface area (Å²) in [7, 11) is 0. The molecule has 2 aromatic rings. The Balaban J connectivity index is 0.000000245. The second kappa shape index (κ2) is 6.45. The number of aromatic nitrogens is 1. The van der Waals surface area contributed by atoms with Gasteiger partial charge in [-0.2, -0.15) is 0 Å². The molecule has 0 aliphatic heterocycles. The molecule has 77 valence electrons. The molecule has 1 radical (unpaired) electrons. The predicted octanol–water partition coefficient (Wildman–Crippen LogP) is 3.12. The lowest BCUT2D eigenvalue weighted by Gasteiger charge is -1.96. The van der Waals surface area contributed by atoms with Crippen LogP contribution in [-0.2, 0) is 0 Å². The average molecular weight is 216 g/mol. The fraction of sp³-hybridized carbons (Fsp3) is 0.250. The highest BCUT2D eigenvalue weighted by molar-refractivity contribution is 6.33. The minimum atomic E-state index is 0.239. The summed E-state index contributed by atoms with van der Waals surface area (Å²) in [4.78, 5) is 4.03. The maximum absolute atomic E-state index is 9.31. The maximum Gasteiger partial charge on any atom is 0.195 e. The van der Waals surface area contributed by atoms with Crippen molar-refractivity contribution in [2.24, 2.45) is 0 Å². The van der Waals surface area contributed by atoms with Gasteiger partial charge in [-0.15, -0.1) is 11.1 Å². The highest BCUT2D eigenvalue weighted by Crippen LogP contribution is 2.20. The van der Waals surface area contributed by atoms with E-state index in [-0.39, 0.29) is 5.75 Å². The molecule has 1 N–H and O–H groups in total. The van der Waals surface area contributed by atoms with E-state index in [0.29, 0.717) is 5.52 Å². The Morgan fingerprint density at radius 1 is 1.27 bits per heavy atom. The topological polar surface area (TPSA) is 33.1 Å². The van der Waals surface area contributed by atoms with Gasteiger partial charge in [-0.1, -0.05) is 25.1 Å². The Morgan fingerprint density at radius 2 is 1.93 bits per heavy atom. The summed E-state index contributed by atoms with van der Waals surface area (Å²) < 4.78 is 0. The molecule has 0 aliphatic rings. The molecular weight excluding hydrogens is 201 g/mol. The van der Waals surface area contributed by atoms with Gasteiger partial charge in [0.1, 0.15) is 11.3 Å². The van der Waals surface area contributed by atoms with Crippen LogP contribution in [0.5, 0.6) is 5.75 Å². The lowest BCUT2D eigenvalue weighted by atomic mass is 10.2. The molecule has 0 spiro atoms. The number of pyridine rings is 1. The molecular formula is C12H15AlNO. The van der Waals surface area contributed by atoms with Gasteiger partial charge in [0.15, 0.2) is 15.2 Å². The fourth-order valence-electron chi connectivity index (χ4n) is 1.09. The summed E-state index contributed by atoms with van der Waals surface area (Å²) in [6.45, 7) is 2.22. The third-order valence-corrected chi connectivity index (χ3v) is 2.84. The lowest BCUT2D eigenvalue weighted by molar-refractivity contribution is 0.480. The van der Waals surface area contributed by atoms with Crippen LogP contribution in [-0.4, -0.2) is 25.3 Å². The van der Waals surface area contributed by atoms with Crippen molar-refractivity contribution in [3.05, 3.63) is 36.5 Å². The number of para-hydroxylation sites is 1. The van der Waals surface area contributed by atoms with Crippen LogP contribution in [0.4, 0.5) is 0 Å². The smallest absolute Gasteiger partial charge is 0.195 e. The summed E-state index contributed by atoms with van der Waals surface area (Å²) in [5, 5.41) is 11.7.